The third-order valence-electron chi connectivity index (χ3n) is 4.12. The van der Waals surface area contributed by atoms with Crippen molar-refractivity contribution in [3.05, 3.63) is 53.6 Å². The van der Waals surface area contributed by atoms with E-state index in [1.54, 1.807) is 64.7 Å². The van der Waals surface area contributed by atoms with Gasteiger partial charge in [-0.05, 0) is 36.4 Å². The Kier molecular flexibility index (Phi) is 7.11. The van der Waals surface area contributed by atoms with Gasteiger partial charge in [0.1, 0.15) is 23.0 Å². The Morgan fingerprint density at radius 1 is 0.889 bits per heavy atom. The Balaban J connectivity index is 2.13. The molecule has 0 N–H and O–H groups in total. The molecule has 0 heterocycles. The van der Waals surface area contributed by atoms with Crippen LogP contribution in [0.1, 0.15) is 11.1 Å². The lowest BCUT2D eigenvalue weighted by Crippen LogP contribution is -2.24. The number of rotatable bonds is 8. The van der Waals surface area contributed by atoms with Crippen LogP contribution in [0.15, 0.2) is 42.5 Å². The highest BCUT2D eigenvalue weighted by Crippen LogP contribution is 2.26. The molecule has 0 aromatic heterocycles. The zero-order valence-electron chi connectivity index (χ0n) is 16.3. The molecular weight excluding hydrogens is 346 g/mol. The number of hydrogen-bond acceptors (Lipinski definition) is 5. The number of carbonyl (C=O) groups excluding carboxylic acids is 1. The standard InChI is InChI=1S/C21H25NO5/c1-22(14-16-6-8-18(25-3)13-20(16)27-5)21(23)11-7-15-12-17(24-2)9-10-19(15)26-4/h6-13H,14H2,1-5H3/b11-7+. The molecule has 2 rings (SSSR count). The topological polar surface area (TPSA) is 57.2 Å². The first kappa shape index (κ1) is 20.2. The third kappa shape index (κ3) is 5.17. The minimum absolute atomic E-state index is 0.141. The van der Waals surface area contributed by atoms with E-state index in [1.165, 1.54) is 6.08 Å². The van der Waals surface area contributed by atoms with Gasteiger partial charge < -0.3 is 23.8 Å². The summed E-state index contributed by atoms with van der Waals surface area (Å²) < 4.78 is 21.1. The molecule has 6 nitrogen and oxygen atoms in total. The van der Waals surface area contributed by atoms with Crippen molar-refractivity contribution >= 4 is 12.0 Å². The van der Waals surface area contributed by atoms with Gasteiger partial charge in [-0.3, -0.25) is 4.79 Å². The molecular formula is C21H25NO5. The molecule has 2 aromatic rings. The predicted molar refractivity (Wildman–Crippen MR) is 105 cm³/mol. The quantitative estimate of drug-likeness (QED) is 0.666. The van der Waals surface area contributed by atoms with Crippen molar-refractivity contribution < 1.29 is 23.7 Å². The summed E-state index contributed by atoms with van der Waals surface area (Å²) in [4.78, 5) is 14.1. The molecule has 0 spiro atoms. The van der Waals surface area contributed by atoms with Gasteiger partial charge in [-0.2, -0.15) is 0 Å². The molecule has 1 amide bonds. The first-order valence-electron chi connectivity index (χ1n) is 8.38. The molecule has 0 aliphatic heterocycles. The van der Waals surface area contributed by atoms with Gasteiger partial charge in [-0.25, -0.2) is 0 Å². The molecule has 0 bridgehead atoms. The molecule has 0 aliphatic rings. The average molecular weight is 371 g/mol. The average Bonchev–Trinajstić information content (AvgIpc) is 2.71. The summed E-state index contributed by atoms with van der Waals surface area (Å²) in [5, 5.41) is 0. The number of hydrogen-bond donors (Lipinski definition) is 0. The maximum atomic E-state index is 12.5. The number of likely N-dealkylation sites (N-methyl/N-ethyl adjacent to an activating group) is 1. The minimum atomic E-state index is -0.141. The summed E-state index contributed by atoms with van der Waals surface area (Å²) in [6, 6.07) is 10.9. The fraction of sp³-hybridized carbons (Fsp3) is 0.286. The number of methoxy groups -OCH3 is 4. The highest BCUT2D eigenvalue weighted by Gasteiger charge is 2.11. The van der Waals surface area contributed by atoms with Crippen molar-refractivity contribution in [2.45, 2.75) is 6.54 Å². The van der Waals surface area contributed by atoms with Crippen LogP contribution in [0.4, 0.5) is 0 Å². The van der Waals surface area contributed by atoms with Gasteiger partial charge in [-0.1, -0.05) is 0 Å². The Hall–Kier alpha value is -3.15. The summed E-state index contributed by atoms with van der Waals surface area (Å²) in [5.74, 6) is 2.60. The summed E-state index contributed by atoms with van der Waals surface area (Å²) in [5.41, 5.74) is 1.65. The maximum Gasteiger partial charge on any atom is 0.246 e. The van der Waals surface area contributed by atoms with Crippen LogP contribution in [-0.4, -0.2) is 46.3 Å². The molecule has 6 heteroatoms. The van der Waals surface area contributed by atoms with E-state index in [9.17, 15) is 4.79 Å². The van der Waals surface area contributed by atoms with Crippen LogP contribution < -0.4 is 18.9 Å². The predicted octanol–water partition coefficient (Wildman–Crippen LogP) is 3.39. The number of ether oxygens (including phenoxy) is 4. The summed E-state index contributed by atoms with van der Waals surface area (Å²) in [6.07, 6.45) is 3.22. The third-order valence-corrected chi connectivity index (χ3v) is 4.12. The van der Waals surface area contributed by atoms with E-state index in [1.807, 2.05) is 18.2 Å². The second kappa shape index (κ2) is 9.52. The highest BCUT2D eigenvalue weighted by molar-refractivity contribution is 5.92. The van der Waals surface area contributed by atoms with Gasteiger partial charge in [0.2, 0.25) is 5.91 Å². The lowest BCUT2D eigenvalue weighted by atomic mass is 10.1. The molecule has 0 unspecified atom stereocenters. The number of amides is 1. The highest BCUT2D eigenvalue weighted by atomic mass is 16.5. The molecule has 2 aromatic carbocycles. The summed E-state index contributed by atoms with van der Waals surface area (Å²) in [6.45, 7) is 0.408. The van der Waals surface area contributed by atoms with E-state index < -0.39 is 0 Å². The Morgan fingerprint density at radius 3 is 2.15 bits per heavy atom. The Morgan fingerprint density at radius 2 is 1.52 bits per heavy atom. The normalized spacial score (nSPS) is 10.6. The van der Waals surface area contributed by atoms with E-state index in [0.717, 1.165) is 11.1 Å². The van der Waals surface area contributed by atoms with Crippen LogP contribution in [0.25, 0.3) is 6.08 Å². The van der Waals surface area contributed by atoms with E-state index >= 15 is 0 Å². The second-order valence-electron chi connectivity index (χ2n) is 5.81. The van der Waals surface area contributed by atoms with E-state index in [0.29, 0.717) is 29.5 Å². The molecule has 0 fully saturated rings. The van der Waals surface area contributed by atoms with Crippen molar-refractivity contribution in [1.29, 1.82) is 0 Å². The zero-order chi connectivity index (χ0) is 19.8. The lowest BCUT2D eigenvalue weighted by molar-refractivity contribution is -0.125. The van der Waals surface area contributed by atoms with Crippen LogP contribution >= 0.6 is 0 Å². The van der Waals surface area contributed by atoms with Crippen LogP contribution in [-0.2, 0) is 11.3 Å². The molecule has 0 aliphatic carbocycles. The van der Waals surface area contributed by atoms with Gasteiger partial charge in [0.15, 0.2) is 0 Å². The summed E-state index contributed by atoms with van der Waals surface area (Å²) >= 11 is 0. The number of benzene rings is 2. The zero-order valence-corrected chi connectivity index (χ0v) is 16.3. The second-order valence-corrected chi connectivity index (χ2v) is 5.81. The van der Waals surface area contributed by atoms with Crippen molar-refractivity contribution in [2.75, 3.05) is 35.5 Å². The van der Waals surface area contributed by atoms with E-state index in [4.69, 9.17) is 18.9 Å². The molecule has 27 heavy (non-hydrogen) atoms. The first-order chi connectivity index (χ1) is 13.0. The van der Waals surface area contributed by atoms with Gasteiger partial charge in [-0.15, -0.1) is 0 Å². The lowest BCUT2D eigenvalue weighted by Gasteiger charge is -2.18. The number of nitrogens with zero attached hydrogens (tertiary/aromatic N) is 1. The monoisotopic (exact) mass is 371 g/mol. The molecule has 0 saturated carbocycles. The smallest absolute Gasteiger partial charge is 0.246 e. The van der Waals surface area contributed by atoms with Crippen molar-refractivity contribution in [3.63, 3.8) is 0 Å². The van der Waals surface area contributed by atoms with Crippen molar-refractivity contribution in [1.82, 2.24) is 4.90 Å². The van der Waals surface area contributed by atoms with Crippen LogP contribution in [0.3, 0.4) is 0 Å². The fourth-order valence-electron chi connectivity index (χ4n) is 2.57. The Bertz CT molecular complexity index is 816. The van der Waals surface area contributed by atoms with Gasteiger partial charge in [0.25, 0.3) is 0 Å². The first-order valence-corrected chi connectivity index (χ1v) is 8.38. The maximum absolute atomic E-state index is 12.5. The van der Waals surface area contributed by atoms with E-state index in [2.05, 4.69) is 0 Å². The fourth-order valence-corrected chi connectivity index (χ4v) is 2.57. The van der Waals surface area contributed by atoms with Gasteiger partial charge in [0.05, 0.1) is 28.4 Å². The van der Waals surface area contributed by atoms with Crippen LogP contribution in [0, 0.1) is 0 Å². The SMILES string of the molecule is COc1ccc(OC)c(/C=C/C(=O)N(C)Cc2ccc(OC)cc2OC)c1. The largest absolute Gasteiger partial charge is 0.497 e. The van der Waals surface area contributed by atoms with E-state index in [-0.39, 0.29) is 5.91 Å². The minimum Gasteiger partial charge on any atom is -0.497 e. The Labute approximate surface area is 159 Å². The van der Waals surface area contributed by atoms with Crippen molar-refractivity contribution in [2.24, 2.45) is 0 Å². The molecule has 144 valence electrons. The molecule has 0 atom stereocenters. The van der Waals surface area contributed by atoms with Crippen LogP contribution in [0.2, 0.25) is 0 Å². The van der Waals surface area contributed by atoms with Crippen LogP contribution in [0.5, 0.6) is 23.0 Å². The number of carbonyl (C=O) groups is 1. The molecule has 0 radical (unpaired) electrons. The summed E-state index contributed by atoms with van der Waals surface area (Å²) in [7, 11) is 8.11. The molecule has 0 saturated heterocycles. The van der Waals surface area contributed by atoms with Gasteiger partial charge >= 0.3 is 0 Å². The van der Waals surface area contributed by atoms with Gasteiger partial charge in [0, 0.05) is 36.9 Å². The van der Waals surface area contributed by atoms with Crippen molar-refractivity contribution in [3.8, 4) is 23.0 Å².